The molecule has 1 aromatic rings. The molecule has 1 heterocycles. The number of ether oxygens (including phenoxy) is 1. The molecule has 1 N–H and O–H groups in total. The lowest BCUT2D eigenvalue weighted by atomic mass is 9.81. The van der Waals surface area contributed by atoms with Crippen molar-refractivity contribution in [1.82, 2.24) is 4.90 Å². The second-order valence-corrected chi connectivity index (χ2v) is 7.23. The van der Waals surface area contributed by atoms with Crippen LogP contribution in [0.15, 0.2) is 18.2 Å². The van der Waals surface area contributed by atoms with Gasteiger partial charge >= 0.3 is 5.97 Å². The van der Waals surface area contributed by atoms with E-state index in [-0.39, 0.29) is 29.3 Å². The van der Waals surface area contributed by atoms with Gasteiger partial charge in [0.25, 0.3) is 11.6 Å². The molecule has 10 heteroatoms. The molecular weight excluding hydrogens is 382 g/mol. The van der Waals surface area contributed by atoms with Crippen molar-refractivity contribution in [3.05, 3.63) is 33.9 Å². The van der Waals surface area contributed by atoms with Gasteiger partial charge in [-0.25, -0.2) is 0 Å². The summed E-state index contributed by atoms with van der Waals surface area (Å²) in [5.41, 5.74) is 0.729. The Morgan fingerprint density at radius 1 is 1.21 bits per heavy atom. The Bertz CT molecular complexity index is 859. The van der Waals surface area contributed by atoms with Crippen molar-refractivity contribution in [2.24, 2.45) is 11.8 Å². The number of carbonyl (C=O) groups excluding carboxylic acids is 4. The Morgan fingerprint density at radius 2 is 1.83 bits per heavy atom. The summed E-state index contributed by atoms with van der Waals surface area (Å²) in [6.07, 6.45) is 3.08. The average molecular weight is 403 g/mol. The highest BCUT2D eigenvalue weighted by atomic mass is 16.6. The second-order valence-electron chi connectivity index (χ2n) is 7.23. The molecule has 3 amide bonds. The first-order chi connectivity index (χ1) is 13.8. The number of imide groups is 1. The predicted molar refractivity (Wildman–Crippen MR) is 99.6 cm³/mol. The number of likely N-dealkylation sites (tertiary alicyclic amines) is 1. The zero-order valence-corrected chi connectivity index (χ0v) is 15.9. The van der Waals surface area contributed by atoms with Gasteiger partial charge < -0.3 is 10.1 Å². The summed E-state index contributed by atoms with van der Waals surface area (Å²) in [6.45, 7) is 0.492. The van der Waals surface area contributed by atoms with Gasteiger partial charge in [-0.3, -0.25) is 34.2 Å². The van der Waals surface area contributed by atoms with Crippen LogP contribution in [-0.4, -0.2) is 46.7 Å². The van der Waals surface area contributed by atoms with E-state index >= 15 is 0 Å². The summed E-state index contributed by atoms with van der Waals surface area (Å²) in [4.78, 5) is 59.8. The van der Waals surface area contributed by atoms with E-state index in [1.807, 2.05) is 0 Å². The number of esters is 1. The molecule has 0 aromatic heterocycles. The molecule has 1 aliphatic carbocycles. The van der Waals surface area contributed by atoms with E-state index in [0.29, 0.717) is 24.1 Å². The van der Waals surface area contributed by atoms with Crippen LogP contribution in [-0.2, 0) is 23.9 Å². The first-order valence-corrected chi connectivity index (χ1v) is 9.33. The van der Waals surface area contributed by atoms with Crippen LogP contribution >= 0.6 is 0 Å². The Hall–Kier alpha value is -3.30. The van der Waals surface area contributed by atoms with Crippen LogP contribution in [0.1, 0.15) is 31.2 Å². The summed E-state index contributed by atoms with van der Waals surface area (Å²) >= 11 is 0. The number of nitro groups is 1. The summed E-state index contributed by atoms with van der Waals surface area (Å²) in [7, 11) is 0. The number of fused-ring (bicyclic) bond motifs is 1. The maximum Gasteiger partial charge on any atom is 0.326 e. The van der Waals surface area contributed by atoms with Gasteiger partial charge in [0.2, 0.25) is 11.8 Å². The van der Waals surface area contributed by atoms with Crippen LogP contribution in [0.4, 0.5) is 11.4 Å². The first-order valence-electron chi connectivity index (χ1n) is 9.33. The quantitative estimate of drug-likeness (QED) is 0.329. The number of benzene rings is 1. The second kappa shape index (κ2) is 8.38. The maximum atomic E-state index is 12.3. The Labute approximate surface area is 166 Å². The number of anilines is 1. The van der Waals surface area contributed by atoms with E-state index in [1.165, 1.54) is 18.2 Å². The van der Waals surface area contributed by atoms with Gasteiger partial charge in [0.15, 0.2) is 6.61 Å². The molecule has 0 radical (unpaired) electrons. The fourth-order valence-electron chi connectivity index (χ4n) is 3.80. The molecule has 2 aliphatic rings. The lowest BCUT2D eigenvalue weighted by Gasteiger charge is -2.19. The largest absolute Gasteiger partial charge is 0.454 e. The summed E-state index contributed by atoms with van der Waals surface area (Å²) in [5.74, 6) is -2.87. The Balaban J connectivity index is 1.50. The third-order valence-electron chi connectivity index (χ3n) is 5.28. The van der Waals surface area contributed by atoms with Crippen molar-refractivity contribution in [3.8, 4) is 0 Å². The number of aryl methyl sites for hydroxylation is 1. The molecule has 154 valence electrons. The number of carbonyl (C=O) groups is 4. The van der Waals surface area contributed by atoms with Crippen LogP contribution < -0.4 is 5.32 Å². The predicted octanol–water partition coefficient (Wildman–Crippen LogP) is 1.56. The highest BCUT2D eigenvalue weighted by Crippen LogP contribution is 2.37. The zero-order chi connectivity index (χ0) is 21.1. The number of nitro benzene ring substituents is 1. The van der Waals surface area contributed by atoms with Gasteiger partial charge in [-0.15, -0.1) is 0 Å². The molecule has 2 atom stereocenters. The van der Waals surface area contributed by atoms with Crippen LogP contribution in [0, 0.1) is 28.9 Å². The van der Waals surface area contributed by atoms with Gasteiger partial charge in [-0.05, 0) is 31.4 Å². The van der Waals surface area contributed by atoms with Gasteiger partial charge in [0.1, 0.15) is 6.54 Å². The van der Waals surface area contributed by atoms with Crippen molar-refractivity contribution in [2.45, 2.75) is 32.6 Å². The maximum absolute atomic E-state index is 12.3. The first kappa shape index (κ1) is 20.4. The van der Waals surface area contributed by atoms with Crippen molar-refractivity contribution in [3.63, 3.8) is 0 Å². The molecule has 0 unspecified atom stereocenters. The van der Waals surface area contributed by atoms with Crippen LogP contribution in [0.3, 0.4) is 0 Å². The minimum Gasteiger partial charge on any atom is -0.454 e. The fraction of sp³-hybridized carbons (Fsp3) is 0.474. The fourth-order valence-corrected chi connectivity index (χ4v) is 3.80. The molecule has 1 aliphatic heterocycles. The smallest absolute Gasteiger partial charge is 0.326 e. The molecule has 10 nitrogen and oxygen atoms in total. The van der Waals surface area contributed by atoms with Crippen molar-refractivity contribution >= 4 is 35.1 Å². The number of rotatable bonds is 6. The molecule has 2 fully saturated rings. The lowest BCUT2D eigenvalue weighted by molar-refractivity contribution is -0.384. The van der Waals surface area contributed by atoms with Crippen LogP contribution in [0.25, 0.3) is 0 Å². The molecule has 3 rings (SSSR count). The van der Waals surface area contributed by atoms with E-state index in [1.54, 1.807) is 6.92 Å². The SMILES string of the molecule is Cc1cc([N+](=O)[O-])ccc1NC(=O)COC(=O)CN1C(=O)[C@H]2CCCC[C@H]2C1=O. The lowest BCUT2D eigenvalue weighted by Crippen LogP contribution is -2.37. The van der Waals surface area contributed by atoms with Gasteiger partial charge in [-0.1, -0.05) is 12.8 Å². The molecule has 1 saturated carbocycles. The van der Waals surface area contributed by atoms with E-state index in [2.05, 4.69) is 5.32 Å². The summed E-state index contributed by atoms with van der Waals surface area (Å²) in [5, 5.41) is 13.2. The Kier molecular flexibility index (Phi) is 5.90. The summed E-state index contributed by atoms with van der Waals surface area (Å²) < 4.78 is 4.88. The molecule has 0 bridgehead atoms. The Morgan fingerprint density at radius 3 is 2.38 bits per heavy atom. The van der Waals surface area contributed by atoms with E-state index in [0.717, 1.165) is 17.7 Å². The van der Waals surface area contributed by atoms with Crippen LogP contribution in [0.5, 0.6) is 0 Å². The number of amides is 3. The third kappa shape index (κ3) is 4.41. The van der Waals surface area contributed by atoms with E-state index in [4.69, 9.17) is 4.74 Å². The summed E-state index contributed by atoms with van der Waals surface area (Å²) in [6, 6.07) is 3.95. The zero-order valence-electron chi connectivity index (χ0n) is 15.9. The van der Waals surface area contributed by atoms with E-state index in [9.17, 15) is 29.3 Å². The topological polar surface area (TPSA) is 136 Å². The van der Waals surface area contributed by atoms with Crippen molar-refractivity contribution in [2.75, 3.05) is 18.5 Å². The minimum absolute atomic E-state index is 0.104. The molecule has 29 heavy (non-hydrogen) atoms. The van der Waals surface area contributed by atoms with Gasteiger partial charge in [-0.2, -0.15) is 0 Å². The average Bonchev–Trinajstić information content (AvgIpc) is 2.93. The highest BCUT2D eigenvalue weighted by molar-refractivity contribution is 6.07. The van der Waals surface area contributed by atoms with Gasteiger partial charge in [0.05, 0.1) is 16.8 Å². The third-order valence-corrected chi connectivity index (χ3v) is 5.28. The molecule has 1 aromatic carbocycles. The number of hydrogen-bond donors (Lipinski definition) is 1. The number of non-ortho nitro benzene ring substituents is 1. The molecular formula is C19H21N3O7. The van der Waals surface area contributed by atoms with Gasteiger partial charge in [0, 0.05) is 17.8 Å². The van der Waals surface area contributed by atoms with Crippen molar-refractivity contribution < 1.29 is 28.8 Å². The van der Waals surface area contributed by atoms with Crippen molar-refractivity contribution in [1.29, 1.82) is 0 Å². The molecule has 1 saturated heterocycles. The minimum atomic E-state index is -0.846. The standard InChI is InChI=1S/C19H21N3O7/c1-11-8-12(22(27)28)6-7-15(11)20-16(23)10-29-17(24)9-21-18(25)13-4-2-3-5-14(13)19(21)26/h6-8,13-14H,2-5,9-10H2,1H3,(H,20,23)/t13-,14+. The number of nitrogens with zero attached hydrogens (tertiary/aromatic N) is 2. The number of nitrogens with one attached hydrogen (secondary N) is 1. The normalized spacial score (nSPS) is 20.9. The monoisotopic (exact) mass is 403 g/mol. The highest BCUT2D eigenvalue weighted by Gasteiger charge is 2.48. The molecule has 0 spiro atoms. The van der Waals surface area contributed by atoms with E-state index < -0.39 is 30.0 Å². The number of hydrogen-bond acceptors (Lipinski definition) is 7. The van der Waals surface area contributed by atoms with Crippen LogP contribution in [0.2, 0.25) is 0 Å².